The van der Waals surface area contributed by atoms with Gasteiger partial charge in [0.25, 0.3) is 11.8 Å². The molecule has 0 radical (unpaired) electrons. The van der Waals surface area contributed by atoms with E-state index in [2.05, 4.69) is 11.1 Å². The van der Waals surface area contributed by atoms with Gasteiger partial charge in [-0.1, -0.05) is 12.1 Å². The molecule has 0 saturated heterocycles. The van der Waals surface area contributed by atoms with Crippen molar-refractivity contribution in [1.29, 1.82) is 0 Å². The van der Waals surface area contributed by atoms with Gasteiger partial charge in [-0.05, 0) is 74.1 Å². The number of nitrogens with zero attached hydrogens (tertiary/aromatic N) is 2. The number of H-pyrrole nitrogens is 1. The zero-order valence-electron chi connectivity index (χ0n) is 18.0. The van der Waals surface area contributed by atoms with Crippen LogP contribution in [0.15, 0.2) is 42.5 Å². The Morgan fingerprint density at radius 1 is 0.933 bits per heavy atom. The molecule has 0 aliphatic heterocycles. The minimum Gasteiger partial charge on any atom is -0.358 e. The van der Waals surface area contributed by atoms with Crippen LogP contribution in [-0.2, 0) is 19.4 Å². The highest BCUT2D eigenvalue weighted by Gasteiger charge is 2.19. The Morgan fingerprint density at radius 2 is 1.63 bits per heavy atom. The first kappa shape index (κ1) is 20.2. The molecule has 1 heterocycles. The van der Waals surface area contributed by atoms with Crippen molar-refractivity contribution in [2.75, 3.05) is 20.6 Å². The predicted octanol–water partition coefficient (Wildman–Crippen LogP) is 4.41. The van der Waals surface area contributed by atoms with Crippen molar-refractivity contribution in [1.82, 2.24) is 14.8 Å². The number of aromatic nitrogens is 1. The smallest absolute Gasteiger partial charge is 0.254 e. The van der Waals surface area contributed by atoms with Crippen LogP contribution in [0, 0.1) is 0 Å². The molecule has 156 valence electrons. The van der Waals surface area contributed by atoms with Gasteiger partial charge in [0.15, 0.2) is 0 Å². The molecule has 0 bridgehead atoms. The molecule has 1 aromatic heterocycles. The summed E-state index contributed by atoms with van der Waals surface area (Å²) in [7, 11) is 3.48. The highest BCUT2D eigenvalue weighted by molar-refractivity contribution is 5.99. The monoisotopic (exact) mass is 403 g/mol. The van der Waals surface area contributed by atoms with Gasteiger partial charge in [0.2, 0.25) is 0 Å². The molecule has 1 N–H and O–H groups in total. The number of fused-ring (bicyclic) bond motifs is 3. The number of amides is 2. The van der Waals surface area contributed by atoms with Crippen LogP contribution in [0.3, 0.4) is 0 Å². The molecule has 0 atom stereocenters. The third-order valence-electron chi connectivity index (χ3n) is 5.99. The Hall–Kier alpha value is -3.08. The van der Waals surface area contributed by atoms with E-state index in [0.717, 1.165) is 29.5 Å². The number of benzene rings is 2. The minimum atomic E-state index is -0.0203. The van der Waals surface area contributed by atoms with Gasteiger partial charge >= 0.3 is 0 Å². The summed E-state index contributed by atoms with van der Waals surface area (Å²) in [6.07, 6.45) is 4.63. The van der Waals surface area contributed by atoms with E-state index in [1.54, 1.807) is 19.0 Å². The summed E-state index contributed by atoms with van der Waals surface area (Å²) >= 11 is 0. The maximum atomic E-state index is 13.2. The van der Waals surface area contributed by atoms with Crippen molar-refractivity contribution in [3.63, 3.8) is 0 Å². The van der Waals surface area contributed by atoms with Gasteiger partial charge in [-0.3, -0.25) is 9.59 Å². The summed E-state index contributed by atoms with van der Waals surface area (Å²) in [6, 6.07) is 13.5. The van der Waals surface area contributed by atoms with E-state index in [4.69, 9.17) is 0 Å². The third-order valence-corrected chi connectivity index (χ3v) is 5.99. The number of aryl methyl sites for hydroxylation is 2. The first-order chi connectivity index (χ1) is 14.5. The van der Waals surface area contributed by atoms with Crippen molar-refractivity contribution >= 4 is 22.7 Å². The number of rotatable bonds is 5. The Balaban J connectivity index is 1.54. The normalized spacial score (nSPS) is 13.2. The van der Waals surface area contributed by atoms with E-state index < -0.39 is 0 Å². The van der Waals surface area contributed by atoms with Crippen LogP contribution in [0.5, 0.6) is 0 Å². The summed E-state index contributed by atoms with van der Waals surface area (Å²) < 4.78 is 0. The van der Waals surface area contributed by atoms with Gasteiger partial charge in [0.1, 0.15) is 0 Å². The molecule has 3 aromatic rings. The summed E-state index contributed by atoms with van der Waals surface area (Å²) in [6.45, 7) is 3.15. The summed E-state index contributed by atoms with van der Waals surface area (Å²) in [5.74, 6) is 0.0201. The van der Waals surface area contributed by atoms with E-state index in [9.17, 15) is 9.59 Å². The number of carbonyl (C=O) groups is 2. The van der Waals surface area contributed by atoms with Crippen molar-refractivity contribution in [3.8, 4) is 0 Å². The van der Waals surface area contributed by atoms with Crippen molar-refractivity contribution in [3.05, 3.63) is 70.4 Å². The molecule has 4 rings (SSSR count). The second-order valence-electron chi connectivity index (χ2n) is 8.27. The fourth-order valence-corrected chi connectivity index (χ4v) is 4.28. The minimum absolute atomic E-state index is 0.0203. The highest BCUT2D eigenvalue weighted by atomic mass is 16.2. The number of nitrogens with one attached hydrogen (secondary N) is 1. The first-order valence-corrected chi connectivity index (χ1v) is 10.7. The van der Waals surface area contributed by atoms with Gasteiger partial charge in [-0.15, -0.1) is 0 Å². The fraction of sp³-hybridized carbons (Fsp3) is 0.360. The van der Waals surface area contributed by atoms with Crippen molar-refractivity contribution < 1.29 is 9.59 Å². The predicted molar refractivity (Wildman–Crippen MR) is 120 cm³/mol. The zero-order valence-corrected chi connectivity index (χ0v) is 18.0. The summed E-state index contributed by atoms with van der Waals surface area (Å²) in [5.41, 5.74) is 6.25. The number of hydrogen-bond donors (Lipinski definition) is 1. The maximum Gasteiger partial charge on any atom is 0.254 e. The van der Waals surface area contributed by atoms with E-state index >= 15 is 0 Å². The van der Waals surface area contributed by atoms with Crippen LogP contribution in [0.1, 0.15) is 57.3 Å². The molecule has 0 spiro atoms. The second-order valence-corrected chi connectivity index (χ2v) is 8.27. The van der Waals surface area contributed by atoms with Crippen LogP contribution in [0.25, 0.3) is 10.9 Å². The molecule has 1 aliphatic rings. The topological polar surface area (TPSA) is 56.4 Å². The van der Waals surface area contributed by atoms with Crippen molar-refractivity contribution in [2.24, 2.45) is 0 Å². The molecule has 2 amide bonds. The van der Waals surface area contributed by atoms with E-state index in [1.165, 1.54) is 29.5 Å². The first-order valence-electron chi connectivity index (χ1n) is 10.7. The van der Waals surface area contributed by atoms with E-state index in [-0.39, 0.29) is 11.8 Å². The van der Waals surface area contributed by atoms with Crippen LogP contribution in [0.4, 0.5) is 0 Å². The van der Waals surface area contributed by atoms with Crippen LogP contribution in [0.2, 0.25) is 0 Å². The van der Waals surface area contributed by atoms with Crippen LogP contribution >= 0.6 is 0 Å². The zero-order chi connectivity index (χ0) is 21.3. The fourth-order valence-electron chi connectivity index (χ4n) is 4.28. The molecule has 2 aromatic carbocycles. The lowest BCUT2D eigenvalue weighted by Crippen LogP contribution is -2.30. The summed E-state index contributed by atoms with van der Waals surface area (Å²) in [4.78, 5) is 32.3. The quantitative estimate of drug-likeness (QED) is 0.686. The molecule has 0 saturated carbocycles. The molecule has 1 aliphatic carbocycles. The SMILES string of the molecule is CCN(Cc1ccc(C(=O)N(C)C)cc1)C(=O)c1ccc2[nH]c3c(c2c1)CCCC3. The average molecular weight is 404 g/mol. The molecule has 30 heavy (non-hydrogen) atoms. The lowest BCUT2D eigenvalue weighted by atomic mass is 9.95. The molecular formula is C25H29N3O2. The van der Waals surface area contributed by atoms with E-state index in [1.807, 2.05) is 48.2 Å². The molecule has 5 nitrogen and oxygen atoms in total. The largest absolute Gasteiger partial charge is 0.358 e. The molecular weight excluding hydrogens is 374 g/mol. The van der Waals surface area contributed by atoms with Crippen LogP contribution < -0.4 is 0 Å². The van der Waals surface area contributed by atoms with Gasteiger partial charge < -0.3 is 14.8 Å². The second kappa shape index (κ2) is 8.34. The third kappa shape index (κ3) is 3.84. The van der Waals surface area contributed by atoms with Gasteiger partial charge in [0, 0.05) is 54.9 Å². The van der Waals surface area contributed by atoms with Gasteiger partial charge in [-0.25, -0.2) is 0 Å². The Bertz CT molecular complexity index is 1080. The van der Waals surface area contributed by atoms with Crippen LogP contribution in [-0.4, -0.2) is 47.2 Å². The lowest BCUT2D eigenvalue weighted by molar-refractivity contribution is 0.0751. The van der Waals surface area contributed by atoms with E-state index in [0.29, 0.717) is 18.7 Å². The Morgan fingerprint density at radius 3 is 2.33 bits per heavy atom. The molecule has 0 fully saturated rings. The van der Waals surface area contributed by atoms with Gasteiger partial charge in [0.05, 0.1) is 0 Å². The number of aromatic amines is 1. The standard InChI is InChI=1S/C25H29N3O2/c1-4-28(16-17-9-11-18(12-10-17)24(29)27(2)3)25(30)19-13-14-23-21(15-19)20-7-5-6-8-22(20)26-23/h9-15,26H,4-8,16H2,1-3H3. The Kier molecular flexibility index (Phi) is 5.62. The van der Waals surface area contributed by atoms with Crippen molar-refractivity contribution in [2.45, 2.75) is 39.2 Å². The number of hydrogen-bond acceptors (Lipinski definition) is 2. The van der Waals surface area contributed by atoms with Gasteiger partial charge in [-0.2, -0.15) is 0 Å². The number of carbonyl (C=O) groups excluding carboxylic acids is 2. The maximum absolute atomic E-state index is 13.2. The molecule has 0 unspecified atom stereocenters. The average Bonchev–Trinajstić information content (AvgIpc) is 3.14. The lowest BCUT2D eigenvalue weighted by Gasteiger charge is -2.21. The molecule has 5 heteroatoms. The summed E-state index contributed by atoms with van der Waals surface area (Å²) in [5, 5.41) is 1.19. The highest BCUT2D eigenvalue weighted by Crippen LogP contribution is 2.30. The Labute approximate surface area is 177 Å².